The van der Waals surface area contributed by atoms with Crippen molar-refractivity contribution < 1.29 is 13.6 Å². The number of nitrogens with one attached hydrogen (secondary N) is 2. The third kappa shape index (κ3) is 2.58. The van der Waals surface area contributed by atoms with Crippen LogP contribution in [0, 0.1) is 18.6 Å². The number of aromatic nitrogens is 3. The molecule has 0 atom stereocenters. The van der Waals surface area contributed by atoms with Crippen LogP contribution in [0.4, 0.5) is 14.5 Å². The van der Waals surface area contributed by atoms with Crippen molar-refractivity contribution in [1.29, 1.82) is 0 Å². The second-order valence-corrected chi connectivity index (χ2v) is 4.56. The summed E-state index contributed by atoms with van der Waals surface area (Å²) < 4.78 is 26.2. The Labute approximate surface area is 118 Å². The molecule has 21 heavy (non-hydrogen) atoms. The first-order valence-corrected chi connectivity index (χ1v) is 6.11. The number of nitrogens with zero attached hydrogens (tertiary/aromatic N) is 2. The predicted molar refractivity (Wildman–Crippen MR) is 72.9 cm³/mol. The van der Waals surface area contributed by atoms with Gasteiger partial charge in [-0.05, 0) is 25.1 Å². The third-order valence-electron chi connectivity index (χ3n) is 2.98. The molecule has 3 rings (SSSR count). The lowest BCUT2D eigenvalue weighted by Gasteiger charge is -2.05. The molecule has 0 aliphatic rings. The number of aromatic amines is 1. The maximum Gasteiger partial charge on any atom is 0.255 e. The maximum absolute atomic E-state index is 13.1. The Bertz CT molecular complexity index is 824. The van der Waals surface area contributed by atoms with Crippen LogP contribution in [0.15, 0.2) is 30.5 Å². The minimum Gasteiger partial charge on any atom is -0.321 e. The van der Waals surface area contributed by atoms with Gasteiger partial charge in [0.05, 0.1) is 11.9 Å². The van der Waals surface area contributed by atoms with Gasteiger partial charge in [0, 0.05) is 22.7 Å². The number of amides is 1. The van der Waals surface area contributed by atoms with Crippen molar-refractivity contribution in [3.8, 4) is 0 Å². The van der Waals surface area contributed by atoms with Crippen LogP contribution in [-0.4, -0.2) is 21.1 Å². The zero-order chi connectivity index (χ0) is 15.0. The Balaban J connectivity index is 1.90. The van der Waals surface area contributed by atoms with Gasteiger partial charge < -0.3 is 5.32 Å². The number of fused-ring (bicyclic) bond motifs is 1. The van der Waals surface area contributed by atoms with Crippen molar-refractivity contribution in [3.05, 3.63) is 53.4 Å². The molecule has 5 nitrogen and oxygen atoms in total. The summed E-state index contributed by atoms with van der Waals surface area (Å²) in [5.74, 6) is -2.23. The smallest absolute Gasteiger partial charge is 0.255 e. The average Bonchev–Trinajstić information content (AvgIpc) is 2.79. The van der Waals surface area contributed by atoms with E-state index in [4.69, 9.17) is 0 Å². The van der Waals surface area contributed by atoms with E-state index in [1.54, 1.807) is 6.07 Å². The van der Waals surface area contributed by atoms with E-state index in [9.17, 15) is 13.6 Å². The zero-order valence-corrected chi connectivity index (χ0v) is 10.9. The van der Waals surface area contributed by atoms with Crippen molar-refractivity contribution in [2.75, 3.05) is 5.32 Å². The fourth-order valence-corrected chi connectivity index (χ4v) is 1.98. The van der Waals surface area contributed by atoms with Gasteiger partial charge in [0.15, 0.2) is 5.65 Å². The number of hydrogen-bond donors (Lipinski definition) is 2. The van der Waals surface area contributed by atoms with Crippen molar-refractivity contribution >= 4 is 22.6 Å². The van der Waals surface area contributed by atoms with E-state index in [1.807, 2.05) is 6.92 Å². The molecule has 0 saturated carbocycles. The van der Waals surface area contributed by atoms with Crippen LogP contribution in [-0.2, 0) is 0 Å². The van der Waals surface area contributed by atoms with Gasteiger partial charge in [-0.25, -0.2) is 13.8 Å². The van der Waals surface area contributed by atoms with Gasteiger partial charge in [-0.3, -0.25) is 9.89 Å². The fraction of sp³-hybridized carbons (Fsp3) is 0.0714. The van der Waals surface area contributed by atoms with Crippen LogP contribution in [0.5, 0.6) is 0 Å². The Morgan fingerprint density at radius 1 is 1.19 bits per heavy atom. The molecule has 2 N–H and O–H groups in total. The lowest BCUT2D eigenvalue weighted by atomic mass is 10.2. The van der Waals surface area contributed by atoms with Crippen molar-refractivity contribution in [2.45, 2.75) is 6.92 Å². The average molecular weight is 288 g/mol. The number of anilines is 1. The molecule has 0 radical (unpaired) electrons. The molecular formula is C14H10F2N4O. The Morgan fingerprint density at radius 2 is 1.90 bits per heavy atom. The summed E-state index contributed by atoms with van der Waals surface area (Å²) >= 11 is 0. The van der Waals surface area contributed by atoms with Crippen LogP contribution in [0.1, 0.15) is 16.1 Å². The van der Waals surface area contributed by atoms with E-state index in [2.05, 4.69) is 20.5 Å². The number of benzene rings is 1. The van der Waals surface area contributed by atoms with E-state index in [0.29, 0.717) is 17.4 Å². The highest BCUT2D eigenvalue weighted by Crippen LogP contribution is 2.18. The van der Waals surface area contributed by atoms with Crippen LogP contribution < -0.4 is 5.32 Å². The molecule has 0 bridgehead atoms. The second-order valence-electron chi connectivity index (χ2n) is 4.56. The number of carbonyl (C=O) groups excluding carboxylic acids is 1. The highest BCUT2D eigenvalue weighted by molar-refractivity contribution is 6.04. The highest BCUT2D eigenvalue weighted by atomic mass is 19.1. The summed E-state index contributed by atoms with van der Waals surface area (Å²) in [6.07, 6.45) is 1.43. The first-order valence-electron chi connectivity index (χ1n) is 6.11. The molecule has 0 spiro atoms. The summed E-state index contributed by atoms with van der Waals surface area (Å²) in [5, 5.41) is 10.1. The largest absolute Gasteiger partial charge is 0.321 e. The first-order chi connectivity index (χ1) is 10.0. The van der Waals surface area contributed by atoms with Gasteiger partial charge in [0.25, 0.3) is 5.91 Å². The van der Waals surface area contributed by atoms with E-state index >= 15 is 0 Å². The minimum atomic E-state index is -0.806. The molecular weight excluding hydrogens is 278 g/mol. The molecule has 0 aliphatic heterocycles. The van der Waals surface area contributed by atoms with Crippen LogP contribution in [0.3, 0.4) is 0 Å². The molecule has 106 valence electrons. The summed E-state index contributed by atoms with van der Waals surface area (Å²) in [6.45, 7) is 1.82. The quantitative estimate of drug-likeness (QED) is 0.761. The SMILES string of the molecule is Cc1[nH]nc2ncc(NC(=O)c3cc(F)cc(F)c3)cc12. The Morgan fingerprint density at radius 3 is 2.62 bits per heavy atom. The standard InChI is InChI=1S/C14H10F2N4O/c1-7-12-5-11(6-17-13(12)20-19-7)18-14(21)8-2-9(15)4-10(16)3-8/h2-6H,1H3,(H,18,21)(H,17,19,20). The minimum absolute atomic E-state index is 0.100. The molecule has 0 unspecified atom stereocenters. The molecule has 0 saturated heterocycles. The first kappa shape index (κ1) is 13.2. The lowest BCUT2D eigenvalue weighted by molar-refractivity contribution is 0.102. The number of H-pyrrole nitrogens is 1. The van der Waals surface area contributed by atoms with Gasteiger partial charge in [-0.1, -0.05) is 0 Å². The Hall–Kier alpha value is -2.83. The zero-order valence-electron chi connectivity index (χ0n) is 10.9. The Kier molecular flexibility index (Phi) is 3.09. The molecule has 2 heterocycles. The molecule has 0 fully saturated rings. The summed E-state index contributed by atoms with van der Waals surface area (Å²) in [4.78, 5) is 16.1. The third-order valence-corrected chi connectivity index (χ3v) is 2.98. The van der Waals surface area contributed by atoms with E-state index < -0.39 is 17.5 Å². The predicted octanol–water partition coefficient (Wildman–Crippen LogP) is 2.80. The summed E-state index contributed by atoms with van der Waals surface area (Å²) in [5.41, 5.74) is 1.66. The topological polar surface area (TPSA) is 70.7 Å². The summed E-state index contributed by atoms with van der Waals surface area (Å²) in [7, 11) is 0. The highest BCUT2D eigenvalue weighted by Gasteiger charge is 2.11. The summed E-state index contributed by atoms with van der Waals surface area (Å²) in [6, 6.07) is 4.33. The molecule has 0 aliphatic carbocycles. The number of hydrogen-bond acceptors (Lipinski definition) is 3. The van der Waals surface area contributed by atoms with Gasteiger partial charge in [-0.2, -0.15) is 5.10 Å². The van der Waals surface area contributed by atoms with Gasteiger partial charge >= 0.3 is 0 Å². The lowest BCUT2D eigenvalue weighted by Crippen LogP contribution is -2.12. The molecule has 7 heteroatoms. The van der Waals surface area contributed by atoms with Crippen molar-refractivity contribution in [2.24, 2.45) is 0 Å². The van der Waals surface area contributed by atoms with Gasteiger partial charge in [0.1, 0.15) is 11.6 Å². The monoisotopic (exact) mass is 288 g/mol. The molecule has 1 amide bonds. The van der Waals surface area contributed by atoms with Crippen LogP contribution in [0.2, 0.25) is 0 Å². The normalized spacial score (nSPS) is 10.8. The van der Waals surface area contributed by atoms with E-state index in [-0.39, 0.29) is 5.56 Å². The number of rotatable bonds is 2. The number of halogens is 2. The maximum atomic E-state index is 13.1. The number of carbonyl (C=O) groups is 1. The van der Waals surface area contributed by atoms with E-state index in [0.717, 1.165) is 23.2 Å². The number of pyridine rings is 1. The van der Waals surface area contributed by atoms with Gasteiger partial charge in [-0.15, -0.1) is 0 Å². The molecule has 2 aromatic heterocycles. The second kappa shape index (κ2) is 4.93. The molecule has 3 aromatic rings. The van der Waals surface area contributed by atoms with Crippen molar-refractivity contribution in [1.82, 2.24) is 15.2 Å². The van der Waals surface area contributed by atoms with E-state index in [1.165, 1.54) is 6.20 Å². The van der Waals surface area contributed by atoms with Crippen LogP contribution in [0.25, 0.3) is 11.0 Å². The fourth-order valence-electron chi connectivity index (χ4n) is 1.98. The van der Waals surface area contributed by atoms with Gasteiger partial charge in [0.2, 0.25) is 0 Å². The van der Waals surface area contributed by atoms with Crippen LogP contribution >= 0.6 is 0 Å². The van der Waals surface area contributed by atoms with Crippen molar-refractivity contribution in [3.63, 3.8) is 0 Å². The number of aryl methyl sites for hydroxylation is 1. The molecule has 1 aromatic carbocycles.